The molecule has 10 heteroatoms. The molecule has 116 valence electrons. The van der Waals surface area contributed by atoms with Crippen molar-refractivity contribution >= 4 is 33.5 Å². The first kappa shape index (κ1) is 15.9. The van der Waals surface area contributed by atoms with Crippen LogP contribution >= 0.6 is 11.5 Å². The molecule has 1 aliphatic rings. The number of hydrogen-bond donors (Lipinski definition) is 1. The van der Waals surface area contributed by atoms with Gasteiger partial charge in [-0.05, 0) is 24.9 Å². The molecule has 0 aliphatic carbocycles. The van der Waals surface area contributed by atoms with Gasteiger partial charge in [0.25, 0.3) is 0 Å². The summed E-state index contributed by atoms with van der Waals surface area (Å²) in [6.45, 7) is 1.45. The number of hydrogen-bond acceptors (Lipinski definition) is 7. The van der Waals surface area contributed by atoms with Gasteiger partial charge in [-0.1, -0.05) is 0 Å². The third-order valence-corrected chi connectivity index (χ3v) is 6.13. The molecule has 0 aromatic carbocycles. The van der Waals surface area contributed by atoms with Crippen LogP contribution in [0.5, 0.6) is 0 Å². The Labute approximate surface area is 125 Å². The first-order chi connectivity index (χ1) is 9.72. The van der Waals surface area contributed by atoms with Crippen molar-refractivity contribution in [3.63, 3.8) is 0 Å². The van der Waals surface area contributed by atoms with E-state index in [0.717, 1.165) is 22.9 Å². The summed E-state index contributed by atoms with van der Waals surface area (Å²) in [6.07, 6.45) is 0.215. The van der Waals surface area contributed by atoms with Crippen LogP contribution in [0.3, 0.4) is 0 Å². The van der Waals surface area contributed by atoms with Gasteiger partial charge in [0.05, 0.1) is 12.5 Å². The van der Waals surface area contributed by atoms with Crippen LogP contribution in [-0.4, -0.2) is 54.3 Å². The third-order valence-electron chi connectivity index (χ3n) is 3.49. The van der Waals surface area contributed by atoms with Gasteiger partial charge in [0.1, 0.15) is 4.90 Å². The highest BCUT2D eigenvalue weighted by Crippen LogP contribution is 2.34. The Bertz CT molecular complexity index is 683. The van der Waals surface area contributed by atoms with E-state index < -0.39 is 27.4 Å². The SMILES string of the molecule is COC(=O)c1nscc1S(=O)(=O)N1CCC(C)(C(=O)O)C1. The molecule has 1 aliphatic heterocycles. The number of ether oxygens (including phenoxy) is 1. The van der Waals surface area contributed by atoms with Crippen molar-refractivity contribution in [3.8, 4) is 0 Å². The number of sulfonamides is 1. The minimum absolute atomic E-state index is 0.0849. The number of nitrogens with zero attached hydrogens (tertiary/aromatic N) is 2. The predicted octanol–water partition coefficient (Wildman–Crippen LogP) is 0.415. The zero-order valence-electron chi connectivity index (χ0n) is 11.4. The summed E-state index contributed by atoms with van der Waals surface area (Å²) < 4.78 is 34.4. The highest BCUT2D eigenvalue weighted by atomic mass is 32.2. The minimum Gasteiger partial charge on any atom is -0.481 e. The second-order valence-corrected chi connectivity index (χ2v) is 7.51. The molecule has 2 rings (SSSR count). The van der Waals surface area contributed by atoms with Crippen LogP contribution < -0.4 is 0 Å². The van der Waals surface area contributed by atoms with Crippen molar-refractivity contribution in [1.29, 1.82) is 0 Å². The molecule has 1 unspecified atom stereocenters. The van der Waals surface area contributed by atoms with Gasteiger partial charge < -0.3 is 9.84 Å². The Balaban J connectivity index is 2.35. The molecule has 1 aromatic rings. The van der Waals surface area contributed by atoms with Crippen LogP contribution in [0.15, 0.2) is 10.3 Å². The Hall–Kier alpha value is -1.52. The van der Waals surface area contributed by atoms with Gasteiger partial charge in [-0.25, -0.2) is 13.2 Å². The fraction of sp³-hybridized carbons (Fsp3) is 0.545. The number of methoxy groups -OCH3 is 1. The number of rotatable bonds is 4. The lowest BCUT2D eigenvalue weighted by Crippen LogP contribution is -2.35. The first-order valence-electron chi connectivity index (χ1n) is 5.98. The summed E-state index contributed by atoms with van der Waals surface area (Å²) in [7, 11) is -2.83. The number of carboxylic acids is 1. The normalized spacial score (nSPS) is 23.1. The topological polar surface area (TPSA) is 114 Å². The van der Waals surface area contributed by atoms with E-state index in [2.05, 4.69) is 9.11 Å². The van der Waals surface area contributed by atoms with Gasteiger partial charge >= 0.3 is 11.9 Å². The summed E-state index contributed by atoms with van der Waals surface area (Å²) in [6, 6.07) is 0. The molecule has 1 N–H and O–H groups in total. The van der Waals surface area contributed by atoms with E-state index in [1.54, 1.807) is 0 Å². The van der Waals surface area contributed by atoms with Gasteiger partial charge in [0, 0.05) is 18.5 Å². The standard InChI is InChI=1S/C11H14N2O6S2/c1-11(10(15)16)3-4-13(6-11)21(17,18)7-5-20-12-8(7)9(14)19-2/h5H,3-4,6H2,1-2H3,(H,15,16). The maximum Gasteiger partial charge on any atom is 0.359 e. The van der Waals surface area contributed by atoms with E-state index in [1.165, 1.54) is 12.3 Å². The highest BCUT2D eigenvalue weighted by molar-refractivity contribution is 7.89. The fourth-order valence-corrected chi connectivity index (χ4v) is 4.73. The molecule has 1 aromatic heterocycles. The Morgan fingerprint density at radius 2 is 2.19 bits per heavy atom. The quantitative estimate of drug-likeness (QED) is 0.793. The lowest BCUT2D eigenvalue weighted by molar-refractivity contribution is -0.146. The maximum absolute atomic E-state index is 12.5. The Kier molecular flexibility index (Phi) is 4.04. The monoisotopic (exact) mass is 334 g/mol. The van der Waals surface area contributed by atoms with E-state index in [0.29, 0.717) is 0 Å². The maximum atomic E-state index is 12.5. The van der Waals surface area contributed by atoms with E-state index in [1.807, 2.05) is 0 Å². The number of esters is 1. The molecule has 0 radical (unpaired) electrons. The molecule has 0 bridgehead atoms. The molecule has 1 saturated heterocycles. The van der Waals surface area contributed by atoms with Gasteiger partial charge in [0.2, 0.25) is 10.0 Å². The van der Waals surface area contributed by atoms with Crippen LogP contribution in [0.1, 0.15) is 23.8 Å². The molecule has 8 nitrogen and oxygen atoms in total. The lowest BCUT2D eigenvalue weighted by atomic mass is 9.90. The van der Waals surface area contributed by atoms with E-state index in [4.69, 9.17) is 5.11 Å². The molecule has 1 atom stereocenters. The fourth-order valence-electron chi connectivity index (χ4n) is 2.08. The second-order valence-electron chi connectivity index (χ2n) is 4.97. The van der Waals surface area contributed by atoms with E-state index in [9.17, 15) is 18.0 Å². The van der Waals surface area contributed by atoms with Crippen molar-refractivity contribution in [2.24, 2.45) is 5.41 Å². The Morgan fingerprint density at radius 1 is 1.52 bits per heavy atom. The smallest absolute Gasteiger partial charge is 0.359 e. The zero-order valence-corrected chi connectivity index (χ0v) is 13.0. The molecular weight excluding hydrogens is 320 g/mol. The molecule has 0 spiro atoms. The summed E-state index contributed by atoms with van der Waals surface area (Å²) >= 11 is 0.829. The molecule has 0 amide bonds. The van der Waals surface area contributed by atoms with Crippen LogP contribution in [0.2, 0.25) is 0 Å². The third kappa shape index (κ3) is 2.65. The van der Waals surface area contributed by atoms with Crippen LogP contribution in [-0.2, 0) is 19.6 Å². The summed E-state index contributed by atoms with van der Waals surface area (Å²) in [5, 5.41) is 10.4. The van der Waals surface area contributed by atoms with Crippen LogP contribution in [0.4, 0.5) is 0 Å². The van der Waals surface area contributed by atoms with Gasteiger partial charge in [-0.3, -0.25) is 4.79 Å². The largest absolute Gasteiger partial charge is 0.481 e. The van der Waals surface area contributed by atoms with Gasteiger partial charge in [-0.15, -0.1) is 0 Å². The number of carbonyl (C=O) groups is 2. The molecular formula is C11H14N2O6S2. The summed E-state index contributed by atoms with van der Waals surface area (Å²) in [5.41, 5.74) is -1.39. The Morgan fingerprint density at radius 3 is 2.71 bits per heavy atom. The van der Waals surface area contributed by atoms with Crippen LogP contribution in [0, 0.1) is 5.41 Å². The lowest BCUT2D eigenvalue weighted by Gasteiger charge is -2.19. The van der Waals surface area contributed by atoms with Crippen molar-refractivity contribution < 1.29 is 27.9 Å². The molecule has 2 heterocycles. The van der Waals surface area contributed by atoms with Crippen molar-refractivity contribution in [2.45, 2.75) is 18.2 Å². The van der Waals surface area contributed by atoms with E-state index >= 15 is 0 Å². The van der Waals surface area contributed by atoms with Gasteiger partial charge in [-0.2, -0.15) is 8.68 Å². The molecule has 1 fully saturated rings. The summed E-state index contributed by atoms with van der Waals surface area (Å²) in [4.78, 5) is 22.5. The molecule has 0 saturated carbocycles. The zero-order chi connectivity index (χ0) is 15.8. The average molecular weight is 334 g/mol. The predicted molar refractivity (Wildman–Crippen MR) is 72.6 cm³/mol. The summed E-state index contributed by atoms with van der Waals surface area (Å²) in [5.74, 6) is -1.88. The highest BCUT2D eigenvalue weighted by Gasteiger charge is 2.46. The number of carboxylic acid groups (broad SMARTS) is 1. The first-order valence-corrected chi connectivity index (χ1v) is 8.26. The second kappa shape index (κ2) is 5.35. The van der Waals surface area contributed by atoms with Crippen molar-refractivity contribution in [2.75, 3.05) is 20.2 Å². The van der Waals surface area contributed by atoms with E-state index in [-0.39, 0.29) is 30.1 Å². The van der Waals surface area contributed by atoms with Crippen LogP contribution in [0.25, 0.3) is 0 Å². The van der Waals surface area contributed by atoms with Crippen molar-refractivity contribution in [3.05, 3.63) is 11.1 Å². The minimum atomic E-state index is -3.97. The molecule has 21 heavy (non-hydrogen) atoms. The number of aliphatic carboxylic acids is 1. The average Bonchev–Trinajstić information content (AvgIpc) is 3.05. The van der Waals surface area contributed by atoms with Crippen molar-refractivity contribution in [1.82, 2.24) is 8.68 Å². The number of aromatic nitrogens is 1. The van der Waals surface area contributed by atoms with Gasteiger partial charge in [0.15, 0.2) is 5.69 Å². The number of carbonyl (C=O) groups excluding carboxylic acids is 1.